The standard InChI is InChI=1S/C15H19FN2O/c1-3-18(10-13-5-4-8-19-13)15-7-6-12(11(2)17)9-14(15)16/h4-9,11H,3,10,17H2,1-2H3/t11-/m1/s1. The molecule has 0 aliphatic rings. The summed E-state index contributed by atoms with van der Waals surface area (Å²) in [5, 5.41) is 0. The smallest absolute Gasteiger partial charge is 0.146 e. The molecule has 0 unspecified atom stereocenters. The molecular weight excluding hydrogens is 243 g/mol. The molecule has 0 saturated heterocycles. The minimum absolute atomic E-state index is 0.163. The molecule has 0 radical (unpaired) electrons. The number of nitrogens with zero attached hydrogens (tertiary/aromatic N) is 1. The molecule has 1 heterocycles. The highest BCUT2D eigenvalue weighted by Crippen LogP contribution is 2.24. The van der Waals surface area contributed by atoms with Gasteiger partial charge >= 0.3 is 0 Å². The Morgan fingerprint density at radius 3 is 2.68 bits per heavy atom. The number of hydrogen-bond acceptors (Lipinski definition) is 3. The van der Waals surface area contributed by atoms with E-state index in [9.17, 15) is 4.39 Å². The molecule has 2 N–H and O–H groups in total. The summed E-state index contributed by atoms with van der Waals surface area (Å²) in [5.41, 5.74) is 7.13. The van der Waals surface area contributed by atoms with Crippen LogP contribution in [0.3, 0.4) is 0 Å². The van der Waals surface area contributed by atoms with Crippen LogP contribution in [0.5, 0.6) is 0 Å². The second-order valence-corrected chi connectivity index (χ2v) is 4.59. The number of anilines is 1. The van der Waals surface area contributed by atoms with Gasteiger partial charge in [-0.05, 0) is 43.7 Å². The second-order valence-electron chi connectivity index (χ2n) is 4.59. The first-order valence-corrected chi connectivity index (χ1v) is 6.44. The van der Waals surface area contributed by atoms with Crippen molar-refractivity contribution in [2.24, 2.45) is 5.73 Å². The third-order valence-electron chi connectivity index (χ3n) is 3.15. The summed E-state index contributed by atoms with van der Waals surface area (Å²) in [5.74, 6) is 0.570. The predicted molar refractivity (Wildman–Crippen MR) is 74.4 cm³/mol. The van der Waals surface area contributed by atoms with Crippen LogP contribution in [0.2, 0.25) is 0 Å². The van der Waals surface area contributed by atoms with Crippen LogP contribution in [0.15, 0.2) is 41.0 Å². The van der Waals surface area contributed by atoms with Gasteiger partial charge in [0.1, 0.15) is 11.6 Å². The molecule has 0 spiro atoms. The number of benzene rings is 1. The number of rotatable bonds is 5. The monoisotopic (exact) mass is 262 g/mol. The van der Waals surface area contributed by atoms with Crippen LogP contribution in [0.1, 0.15) is 31.2 Å². The summed E-state index contributed by atoms with van der Waals surface area (Å²) in [6.45, 7) is 5.09. The van der Waals surface area contributed by atoms with Crippen molar-refractivity contribution in [1.29, 1.82) is 0 Å². The number of nitrogens with two attached hydrogens (primary N) is 1. The van der Waals surface area contributed by atoms with Crippen molar-refractivity contribution in [2.75, 3.05) is 11.4 Å². The Bertz CT molecular complexity index is 523. The van der Waals surface area contributed by atoms with E-state index in [0.29, 0.717) is 18.8 Å². The highest BCUT2D eigenvalue weighted by atomic mass is 19.1. The first kappa shape index (κ1) is 13.6. The van der Waals surface area contributed by atoms with Crippen LogP contribution >= 0.6 is 0 Å². The molecule has 2 rings (SSSR count). The molecule has 2 aromatic rings. The highest BCUT2D eigenvalue weighted by Gasteiger charge is 2.13. The zero-order valence-electron chi connectivity index (χ0n) is 11.3. The molecule has 19 heavy (non-hydrogen) atoms. The molecule has 102 valence electrons. The van der Waals surface area contributed by atoms with E-state index in [1.807, 2.05) is 36.9 Å². The first-order chi connectivity index (χ1) is 9.11. The van der Waals surface area contributed by atoms with E-state index >= 15 is 0 Å². The van der Waals surface area contributed by atoms with E-state index in [2.05, 4.69) is 0 Å². The van der Waals surface area contributed by atoms with Crippen LogP contribution in [0.4, 0.5) is 10.1 Å². The summed E-state index contributed by atoms with van der Waals surface area (Å²) in [7, 11) is 0. The van der Waals surface area contributed by atoms with Crippen LogP contribution in [0.25, 0.3) is 0 Å². The lowest BCUT2D eigenvalue weighted by Crippen LogP contribution is -2.23. The molecule has 4 heteroatoms. The molecule has 1 aromatic heterocycles. The van der Waals surface area contributed by atoms with Crippen molar-refractivity contribution in [3.63, 3.8) is 0 Å². The maximum absolute atomic E-state index is 14.1. The molecule has 0 amide bonds. The lowest BCUT2D eigenvalue weighted by molar-refractivity contribution is 0.501. The van der Waals surface area contributed by atoms with Gasteiger partial charge in [0.25, 0.3) is 0 Å². The first-order valence-electron chi connectivity index (χ1n) is 6.44. The molecule has 1 atom stereocenters. The summed E-state index contributed by atoms with van der Waals surface area (Å²) in [4.78, 5) is 1.93. The van der Waals surface area contributed by atoms with Gasteiger partial charge in [0.2, 0.25) is 0 Å². The van der Waals surface area contributed by atoms with Crippen LogP contribution < -0.4 is 10.6 Å². The highest BCUT2D eigenvalue weighted by molar-refractivity contribution is 5.49. The zero-order valence-corrected chi connectivity index (χ0v) is 11.3. The van der Waals surface area contributed by atoms with Crippen molar-refractivity contribution >= 4 is 5.69 Å². The van der Waals surface area contributed by atoms with E-state index in [-0.39, 0.29) is 11.9 Å². The number of halogens is 1. The van der Waals surface area contributed by atoms with E-state index < -0.39 is 0 Å². The van der Waals surface area contributed by atoms with Crippen molar-refractivity contribution in [3.8, 4) is 0 Å². The topological polar surface area (TPSA) is 42.4 Å². The predicted octanol–water partition coefficient (Wildman–Crippen LogP) is 3.46. The van der Waals surface area contributed by atoms with Gasteiger partial charge in [-0.15, -0.1) is 0 Å². The van der Waals surface area contributed by atoms with Gasteiger partial charge in [-0.1, -0.05) is 6.07 Å². The van der Waals surface area contributed by atoms with E-state index in [1.54, 1.807) is 12.3 Å². The zero-order chi connectivity index (χ0) is 13.8. The molecule has 0 saturated carbocycles. The quantitative estimate of drug-likeness (QED) is 0.897. The molecule has 0 bridgehead atoms. The molecule has 0 fully saturated rings. The van der Waals surface area contributed by atoms with Crippen LogP contribution in [-0.2, 0) is 6.54 Å². The third-order valence-corrected chi connectivity index (χ3v) is 3.15. The van der Waals surface area contributed by atoms with Crippen molar-refractivity contribution in [3.05, 3.63) is 53.7 Å². The fraction of sp³-hybridized carbons (Fsp3) is 0.333. The lowest BCUT2D eigenvalue weighted by Gasteiger charge is -2.23. The summed E-state index contributed by atoms with van der Waals surface area (Å²) in [6, 6.07) is 8.71. The van der Waals surface area contributed by atoms with Gasteiger partial charge in [0, 0.05) is 12.6 Å². The van der Waals surface area contributed by atoms with Gasteiger partial charge in [-0.2, -0.15) is 0 Å². The molecule has 0 aliphatic carbocycles. The second kappa shape index (κ2) is 5.89. The van der Waals surface area contributed by atoms with Crippen LogP contribution in [-0.4, -0.2) is 6.54 Å². The maximum atomic E-state index is 14.1. The van der Waals surface area contributed by atoms with Gasteiger partial charge in [0.15, 0.2) is 0 Å². The Hall–Kier alpha value is -1.81. The normalized spacial score (nSPS) is 12.4. The molecular formula is C15H19FN2O. The van der Waals surface area contributed by atoms with Gasteiger partial charge in [0.05, 0.1) is 18.5 Å². The average Bonchev–Trinajstić information content (AvgIpc) is 2.89. The molecule has 1 aromatic carbocycles. The Balaban J connectivity index is 2.23. The van der Waals surface area contributed by atoms with E-state index in [1.165, 1.54) is 6.07 Å². The molecule has 3 nitrogen and oxygen atoms in total. The van der Waals surface area contributed by atoms with Crippen molar-refractivity contribution in [1.82, 2.24) is 0 Å². The molecule has 0 aliphatic heterocycles. The Labute approximate surface area is 112 Å². The van der Waals surface area contributed by atoms with Crippen molar-refractivity contribution in [2.45, 2.75) is 26.4 Å². The fourth-order valence-corrected chi connectivity index (χ4v) is 2.02. The third kappa shape index (κ3) is 3.15. The largest absolute Gasteiger partial charge is 0.467 e. The van der Waals surface area contributed by atoms with Gasteiger partial charge < -0.3 is 15.1 Å². The Kier molecular flexibility index (Phi) is 4.22. The Morgan fingerprint density at radius 1 is 1.37 bits per heavy atom. The van der Waals surface area contributed by atoms with Crippen LogP contribution in [0, 0.1) is 5.82 Å². The minimum atomic E-state index is -0.247. The SMILES string of the molecule is CCN(Cc1ccco1)c1ccc([C@@H](C)N)cc1F. The summed E-state index contributed by atoms with van der Waals surface area (Å²) in [6.07, 6.45) is 1.62. The minimum Gasteiger partial charge on any atom is -0.467 e. The fourth-order valence-electron chi connectivity index (χ4n) is 2.02. The lowest BCUT2D eigenvalue weighted by atomic mass is 10.1. The van der Waals surface area contributed by atoms with Gasteiger partial charge in [-0.3, -0.25) is 0 Å². The maximum Gasteiger partial charge on any atom is 0.146 e. The average molecular weight is 262 g/mol. The van der Waals surface area contributed by atoms with Gasteiger partial charge in [-0.25, -0.2) is 4.39 Å². The van der Waals surface area contributed by atoms with Crippen molar-refractivity contribution < 1.29 is 8.81 Å². The summed E-state index contributed by atoms with van der Waals surface area (Å²) < 4.78 is 19.5. The van der Waals surface area contributed by atoms with E-state index in [4.69, 9.17) is 10.2 Å². The number of hydrogen-bond donors (Lipinski definition) is 1. The van der Waals surface area contributed by atoms with E-state index in [0.717, 1.165) is 11.3 Å². The summed E-state index contributed by atoms with van der Waals surface area (Å²) >= 11 is 0. The Morgan fingerprint density at radius 2 is 2.16 bits per heavy atom. The number of furan rings is 1.